The summed E-state index contributed by atoms with van der Waals surface area (Å²) in [6.07, 6.45) is 0. The van der Waals surface area contributed by atoms with E-state index >= 15 is 0 Å². The van der Waals surface area contributed by atoms with Crippen molar-refractivity contribution in [2.75, 3.05) is 12.4 Å². The van der Waals surface area contributed by atoms with Crippen LogP contribution in [-0.2, 0) is 13.7 Å². The molecule has 7 heteroatoms. The molecule has 1 heterocycles. The molecule has 146 valence electrons. The fourth-order valence-electron chi connectivity index (χ4n) is 2.86. The average Bonchev–Trinajstić information content (AvgIpc) is 2.93. The van der Waals surface area contributed by atoms with Gasteiger partial charge in [0.15, 0.2) is 0 Å². The van der Waals surface area contributed by atoms with Crippen LogP contribution in [-0.4, -0.2) is 22.8 Å². The fourth-order valence-corrected chi connectivity index (χ4v) is 2.99. The van der Waals surface area contributed by atoms with Gasteiger partial charge in [-0.15, -0.1) is 0 Å². The lowest BCUT2D eigenvalue weighted by molar-refractivity contribution is 0.102. The van der Waals surface area contributed by atoms with Crippen LogP contribution in [0.2, 0.25) is 5.02 Å². The molecule has 0 radical (unpaired) electrons. The van der Waals surface area contributed by atoms with Crippen molar-refractivity contribution in [2.24, 2.45) is 7.05 Å². The first kappa shape index (κ1) is 19.8. The second-order valence-corrected chi connectivity index (χ2v) is 6.83. The number of carbonyl (C=O) groups is 1. The molecule has 0 aliphatic rings. The third-order valence-electron chi connectivity index (χ3n) is 4.50. The lowest BCUT2D eigenvalue weighted by atomic mass is 10.1. The number of hydrogen-bond acceptors (Lipinski definition) is 4. The summed E-state index contributed by atoms with van der Waals surface area (Å²) in [6, 6.07) is 12.4. The standard InChI is InChI=1S/C21H22ClN3O3/c1-13-20(14(2)25(3)24-13)23-21(26)15-5-10-19(27-4)16(11-15)12-28-18-8-6-17(22)7-9-18/h5-11H,12H2,1-4H3,(H,23,26). The summed E-state index contributed by atoms with van der Waals surface area (Å²) in [5, 5.41) is 7.91. The zero-order valence-corrected chi connectivity index (χ0v) is 17.0. The van der Waals surface area contributed by atoms with Crippen molar-refractivity contribution < 1.29 is 14.3 Å². The van der Waals surface area contributed by atoms with E-state index in [0.717, 1.165) is 22.6 Å². The van der Waals surface area contributed by atoms with Crippen LogP contribution in [0.3, 0.4) is 0 Å². The number of ether oxygens (including phenoxy) is 2. The Hall–Kier alpha value is -2.99. The Morgan fingerprint density at radius 3 is 2.50 bits per heavy atom. The van der Waals surface area contributed by atoms with Gasteiger partial charge in [-0.3, -0.25) is 9.48 Å². The number of nitrogens with one attached hydrogen (secondary N) is 1. The second-order valence-electron chi connectivity index (χ2n) is 6.39. The van der Waals surface area contributed by atoms with Crippen LogP contribution >= 0.6 is 11.6 Å². The number of benzene rings is 2. The van der Waals surface area contributed by atoms with Crippen LogP contribution < -0.4 is 14.8 Å². The van der Waals surface area contributed by atoms with Gasteiger partial charge in [-0.1, -0.05) is 11.6 Å². The van der Waals surface area contributed by atoms with E-state index in [2.05, 4.69) is 10.4 Å². The highest BCUT2D eigenvalue weighted by molar-refractivity contribution is 6.30. The van der Waals surface area contributed by atoms with E-state index < -0.39 is 0 Å². The minimum absolute atomic E-state index is 0.213. The van der Waals surface area contributed by atoms with Crippen LogP contribution in [0.15, 0.2) is 42.5 Å². The number of carbonyl (C=O) groups excluding carboxylic acids is 1. The largest absolute Gasteiger partial charge is 0.496 e. The van der Waals surface area contributed by atoms with Gasteiger partial charge in [0.1, 0.15) is 18.1 Å². The summed E-state index contributed by atoms with van der Waals surface area (Å²) in [4.78, 5) is 12.7. The van der Waals surface area contributed by atoms with Gasteiger partial charge in [-0.2, -0.15) is 5.10 Å². The Labute approximate surface area is 169 Å². The topological polar surface area (TPSA) is 65.4 Å². The zero-order valence-electron chi connectivity index (χ0n) is 16.2. The number of nitrogens with zero attached hydrogens (tertiary/aromatic N) is 2. The van der Waals surface area contributed by atoms with E-state index in [-0.39, 0.29) is 12.5 Å². The number of halogens is 1. The molecule has 0 aliphatic carbocycles. The van der Waals surface area contributed by atoms with E-state index in [1.165, 1.54) is 0 Å². The first-order valence-corrected chi connectivity index (χ1v) is 9.13. The van der Waals surface area contributed by atoms with Gasteiger partial charge in [-0.05, 0) is 56.3 Å². The molecule has 0 aliphatic heterocycles. The average molecular weight is 400 g/mol. The number of anilines is 1. The van der Waals surface area contributed by atoms with E-state index in [0.29, 0.717) is 22.1 Å². The van der Waals surface area contributed by atoms with Crippen molar-refractivity contribution in [3.63, 3.8) is 0 Å². The Bertz CT molecular complexity index is 997. The van der Waals surface area contributed by atoms with Crippen LogP contribution in [0.4, 0.5) is 5.69 Å². The molecule has 2 aromatic carbocycles. The lowest BCUT2D eigenvalue weighted by Crippen LogP contribution is -2.14. The Morgan fingerprint density at radius 1 is 1.18 bits per heavy atom. The SMILES string of the molecule is COc1ccc(C(=O)Nc2c(C)nn(C)c2C)cc1COc1ccc(Cl)cc1. The van der Waals surface area contributed by atoms with Gasteiger partial charge >= 0.3 is 0 Å². The van der Waals surface area contributed by atoms with Crippen molar-refractivity contribution >= 4 is 23.2 Å². The van der Waals surface area contributed by atoms with E-state index in [1.807, 2.05) is 20.9 Å². The van der Waals surface area contributed by atoms with E-state index in [4.69, 9.17) is 21.1 Å². The summed E-state index contributed by atoms with van der Waals surface area (Å²) in [6.45, 7) is 4.04. The third kappa shape index (κ3) is 4.28. The Morgan fingerprint density at radius 2 is 1.89 bits per heavy atom. The quantitative estimate of drug-likeness (QED) is 0.661. The van der Waals surface area contributed by atoms with Crippen molar-refractivity contribution in [2.45, 2.75) is 20.5 Å². The number of methoxy groups -OCH3 is 1. The van der Waals surface area contributed by atoms with Crippen LogP contribution in [0, 0.1) is 13.8 Å². The highest BCUT2D eigenvalue weighted by Gasteiger charge is 2.15. The molecule has 1 N–H and O–H groups in total. The molecule has 28 heavy (non-hydrogen) atoms. The molecule has 1 aromatic heterocycles. The van der Waals surface area contributed by atoms with Crippen molar-refractivity contribution in [3.05, 3.63) is 70.0 Å². The molecule has 0 unspecified atom stereocenters. The first-order valence-electron chi connectivity index (χ1n) is 8.76. The van der Waals surface area contributed by atoms with Crippen LogP contribution in [0.1, 0.15) is 27.3 Å². The highest BCUT2D eigenvalue weighted by Crippen LogP contribution is 2.25. The molecule has 0 fully saturated rings. The van der Waals surface area contributed by atoms with Gasteiger partial charge in [0, 0.05) is 23.2 Å². The fraction of sp³-hybridized carbons (Fsp3) is 0.238. The summed E-state index contributed by atoms with van der Waals surface area (Å²) in [5.41, 5.74) is 3.67. The minimum atomic E-state index is -0.213. The van der Waals surface area contributed by atoms with E-state index in [1.54, 1.807) is 54.3 Å². The predicted octanol–water partition coefficient (Wildman–Crippen LogP) is 4.53. The van der Waals surface area contributed by atoms with Crippen molar-refractivity contribution in [1.29, 1.82) is 0 Å². The molecule has 6 nitrogen and oxygen atoms in total. The second kappa shape index (κ2) is 8.35. The molecule has 0 bridgehead atoms. The molecule has 0 saturated carbocycles. The number of amides is 1. The first-order chi connectivity index (χ1) is 13.4. The number of rotatable bonds is 6. The highest BCUT2D eigenvalue weighted by atomic mass is 35.5. The van der Waals surface area contributed by atoms with Crippen molar-refractivity contribution in [3.8, 4) is 11.5 Å². The molecule has 0 saturated heterocycles. The molecule has 1 amide bonds. The van der Waals surface area contributed by atoms with Gasteiger partial charge in [0.2, 0.25) is 0 Å². The van der Waals surface area contributed by atoms with Crippen LogP contribution in [0.25, 0.3) is 0 Å². The van der Waals surface area contributed by atoms with Gasteiger partial charge in [0.05, 0.1) is 24.2 Å². The van der Waals surface area contributed by atoms with Gasteiger partial charge < -0.3 is 14.8 Å². The third-order valence-corrected chi connectivity index (χ3v) is 4.75. The minimum Gasteiger partial charge on any atom is -0.496 e. The van der Waals surface area contributed by atoms with Gasteiger partial charge in [0.25, 0.3) is 5.91 Å². The van der Waals surface area contributed by atoms with Crippen LogP contribution in [0.5, 0.6) is 11.5 Å². The van der Waals surface area contributed by atoms with Gasteiger partial charge in [-0.25, -0.2) is 0 Å². The summed E-state index contributed by atoms with van der Waals surface area (Å²) in [7, 11) is 3.43. The smallest absolute Gasteiger partial charge is 0.255 e. The maximum Gasteiger partial charge on any atom is 0.255 e. The monoisotopic (exact) mass is 399 g/mol. The molecule has 0 spiro atoms. The predicted molar refractivity (Wildman–Crippen MR) is 109 cm³/mol. The summed E-state index contributed by atoms with van der Waals surface area (Å²) >= 11 is 5.90. The maximum atomic E-state index is 12.7. The molecule has 3 rings (SSSR count). The van der Waals surface area contributed by atoms with Crippen molar-refractivity contribution in [1.82, 2.24) is 9.78 Å². The number of hydrogen-bond donors (Lipinski definition) is 1. The van der Waals surface area contributed by atoms with E-state index in [9.17, 15) is 4.79 Å². The molecule has 3 aromatic rings. The zero-order chi connectivity index (χ0) is 20.3. The maximum absolute atomic E-state index is 12.7. The normalized spacial score (nSPS) is 10.6. The Kier molecular flexibility index (Phi) is 5.90. The number of aromatic nitrogens is 2. The summed E-state index contributed by atoms with van der Waals surface area (Å²) < 4.78 is 12.9. The molecular formula is C21H22ClN3O3. The number of aryl methyl sites for hydroxylation is 2. The lowest BCUT2D eigenvalue weighted by Gasteiger charge is -2.13. The summed E-state index contributed by atoms with van der Waals surface area (Å²) in [5.74, 6) is 1.12. The Balaban J connectivity index is 1.79. The molecule has 0 atom stereocenters. The molecular weight excluding hydrogens is 378 g/mol.